The Morgan fingerprint density at radius 2 is 2.03 bits per heavy atom. The predicted octanol–water partition coefficient (Wildman–Crippen LogP) is 4.75. The van der Waals surface area contributed by atoms with Gasteiger partial charge >= 0.3 is 5.97 Å². The lowest BCUT2D eigenvalue weighted by Crippen LogP contribution is -2.23. The maximum atomic E-state index is 12.4. The maximum Gasteiger partial charge on any atom is 0.344 e. The number of benzene rings is 2. The minimum Gasteiger partial charge on any atom is -0.493 e. The molecule has 0 spiro atoms. The summed E-state index contributed by atoms with van der Waals surface area (Å²) in [7, 11) is 1.45. The van der Waals surface area contributed by atoms with Gasteiger partial charge in [-0.15, -0.1) is 0 Å². The second-order valence-electron chi connectivity index (χ2n) is 6.06. The SMILES string of the molecule is COc1cccc(/C=C2\SC(=Nc3ccc(Cl)c(Cl)c3)NC2=O)c1O[C@@H](C)C(=O)O. The Bertz CT molecular complexity index is 1070. The monoisotopic (exact) mass is 466 g/mol. The minimum absolute atomic E-state index is 0.227. The van der Waals surface area contributed by atoms with Crippen LogP contribution in [0.5, 0.6) is 11.5 Å². The summed E-state index contributed by atoms with van der Waals surface area (Å²) in [6.07, 6.45) is 0.485. The molecule has 7 nitrogen and oxygen atoms in total. The molecule has 2 aromatic rings. The van der Waals surface area contributed by atoms with Gasteiger partial charge in [0.15, 0.2) is 22.8 Å². The third kappa shape index (κ3) is 5.08. The summed E-state index contributed by atoms with van der Waals surface area (Å²) in [5, 5.41) is 13.0. The second kappa shape index (κ2) is 9.42. The van der Waals surface area contributed by atoms with Gasteiger partial charge < -0.3 is 19.9 Å². The first-order valence-electron chi connectivity index (χ1n) is 8.59. The number of nitrogens with one attached hydrogen (secondary N) is 1. The fourth-order valence-corrected chi connectivity index (χ4v) is 3.58. The molecular weight excluding hydrogens is 451 g/mol. The number of para-hydroxylation sites is 1. The van der Waals surface area contributed by atoms with Crippen molar-refractivity contribution in [2.45, 2.75) is 13.0 Å². The van der Waals surface area contributed by atoms with Gasteiger partial charge in [-0.05, 0) is 49.0 Å². The van der Waals surface area contributed by atoms with E-state index in [1.165, 1.54) is 14.0 Å². The van der Waals surface area contributed by atoms with Crippen LogP contribution in [0.25, 0.3) is 6.08 Å². The van der Waals surface area contributed by atoms with E-state index in [9.17, 15) is 9.59 Å². The summed E-state index contributed by atoms with van der Waals surface area (Å²) >= 11 is 13.0. The van der Waals surface area contributed by atoms with E-state index in [4.69, 9.17) is 37.8 Å². The number of methoxy groups -OCH3 is 1. The van der Waals surface area contributed by atoms with Crippen molar-refractivity contribution in [2.75, 3.05) is 7.11 Å². The number of carboxylic acid groups (broad SMARTS) is 1. The zero-order valence-corrected chi connectivity index (χ0v) is 18.1. The highest BCUT2D eigenvalue weighted by Gasteiger charge is 2.25. The van der Waals surface area contributed by atoms with Crippen molar-refractivity contribution >= 4 is 63.8 Å². The largest absolute Gasteiger partial charge is 0.493 e. The fraction of sp³-hybridized carbons (Fsp3) is 0.150. The summed E-state index contributed by atoms with van der Waals surface area (Å²) < 4.78 is 10.8. The number of thioether (sulfide) groups is 1. The number of nitrogens with zero attached hydrogens (tertiary/aromatic N) is 1. The molecule has 2 aromatic carbocycles. The number of hydrogen-bond donors (Lipinski definition) is 2. The van der Waals surface area contributed by atoms with Gasteiger partial charge in [-0.3, -0.25) is 4.79 Å². The number of amidine groups is 1. The molecule has 1 heterocycles. The number of ether oxygens (including phenoxy) is 2. The maximum absolute atomic E-state index is 12.4. The van der Waals surface area contributed by atoms with E-state index in [1.54, 1.807) is 42.5 Å². The first-order chi connectivity index (χ1) is 14.3. The Balaban J connectivity index is 1.91. The topological polar surface area (TPSA) is 97.2 Å². The van der Waals surface area contributed by atoms with Gasteiger partial charge in [-0.2, -0.15) is 0 Å². The van der Waals surface area contributed by atoms with Crippen LogP contribution in [0.1, 0.15) is 12.5 Å². The van der Waals surface area contributed by atoms with Crippen LogP contribution in [-0.4, -0.2) is 35.4 Å². The number of halogens is 2. The van der Waals surface area contributed by atoms with Crippen molar-refractivity contribution in [1.29, 1.82) is 0 Å². The number of aliphatic carboxylic acids is 1. The second-order valence-corrected chi connectivity index (χ2v) is 7.90. The first-order valence-corrected chi connectivity index (χ1v) is 10.2. The van der Waals surface area contributed by atoms with Crippen LogP contribution in [-0.2, 0) is 9.59 Å². The third-order valence-electron chi connectivity index (χ3n) is 3.94. The number of carbonyl (C=O) groups excluding carboxylic acids is 1. The van der Waals surface area contributed by atoms with Crippen molar-refractivity contribution in [3.63, 3.8) is 0 Å². The Morgan fingerprint density at radius 3 is 2.70 bits per heavy atom. The highest BCUT2D eigenvalue weighted by molar-refractivity contribution is 8.18. The zero-order valence-electron chi connectivity index (χ0n) is 15.8. The highest BCUT2D eigenvalue weighted by Crippen LogP contribution is 2.36. The van der Waals surface area contributed by atoms with E-state index < -0.39 is 12.1 Å². The van der Waals surface area contributed by atoms with E-state index in [0.717, 1.165) is 11.8 Å². The molecule has 0 radical (unpaired) electrons. The predicted molar refractivity (Wildman–Crippen MR) is 118 cm³/mol. The number of carboxylic acids is 1. The average molecular weight is 467 g/mol. The van der Waals surface area contributed by atoms with Crippen LogP contribution in [0.3, 0.4) is 0 Å². The van der Waals surface area contributed by atoms with Gasteiger partial charge in [0.25, 0.3) is 5.91 Å². The zero-order chi connectivity index (χ0) is 21.8. The highest BCUT2D eigenvalue weighted by atomic mass is 35.5. The minimum atomic E-state index is -1.12. The van der Waals surface area contributed by atoms with Crippen LogP contribution < -0.4 is 14.8 Å². The van der Waals surface area contributed by atoms with Crippen molar-refractivity contribution in [2.24, 2.45) is 4.99 Å². The first kappa shape index (κ1) is 22.0. The lowest BCUT2D eigenvalue weighted by Gasteiger charge is -2.16. The molecular formula is C20H16Cl2N2O5S. The summed E-state index contributed by atoms with van der Waals surface area (Å²) in [5.74, 6) is -0.890. The molecule has 10 heteroatoms. The van der Waals surface area contributed by atoms with E-state index in [1.807, 2.05) is 0 Å². The Hall–Kier alpha value is -2.68. The van der Waals surface area contributed by atoms with Gasteiger partial charge in [0.1, 0.15) is 0 Å². The summed E-state index contributed by atoms with van der Waals surface area (Å²) in [5.41, 5.74) is 1.03. The molecule has 2 N–H and O–H groups in total. The standard InChI is InChI=1S/C20H16Cl2N2O5S/c1-10(19(26)27)29-17-11(4-3-5-15(17)28-2)8-16-18(25)24-20(30-16)23-12-6-7-13(21)14(22)9-12/h3-10H,1-2H3,(H,26,27)(H,23,24,25)/b16-8-/t10-/m0/s1. The van der Waals surface area contributed by atoms with Gasteiger partial charge in [0.05, 0.1) is 27.7 Å². The van der Waals surface area contributed by atoms with E-state index in [0.29, 0.717) is 37.1 Å². The molecule has 30 heavy (non-hydrogen) atoms. The third-order valence-corrected chi connectivity index (χ3v) is 5.59. The molecule has 1 atom stereocenters. The Morgan fingerprint density at radius 1 is 1.27 bits per heavy atom. The molecule has 1 amide bonds. The van der Waals surface area contributed by atoms with Crippen LogP contribution in [0.4, 0.5) is 5.69 Å². The van der Waals surface area contributed by atoms with Crippen LogP contribution in [0, 0.1) is 0 Å². The number of amides is 1. The average Bonchev–Trinajstić information content (AvgIpc) is 3.04. The number of hydrogen-bond acceptors (Lipinski definition) is 6. The lowest BCUT2D eigenvalue weighted by molar-refractivity contribution is -0.144. The molecule has 0 unspecified atom stereocenters. The number of rotatable bonds is 6. The van der Waals surface area contributed by atoms with Crippen LogP contribution in [0.2, 0.25) is 10.0 Å². The number of carbonyl (C=O) groups is 2. The molecule has 1 aliphatic heterocycles. The van der Waals surface area contributed by atoms with Crippen molar-refractivity contribution in [3.05, 3.63) is 56.9 Å². The quantitative estimate of drug-likeness (QED) is 0.596. The van der Waals surface area contributed by atoms with E-state index >= 15 is 0 Å². The smallest absolute Gasteiger partial charge is 0.344 e. The molecule has 1 aliphatic rings. The number of aliphatic imine (C=N–C) groups is 1. The molecule has 156 valence electrons. The summed E-state index contributed by atoms with van der Waals surface area (Å²) in [6, 6.07) is 9.94. The molecule has 1 fully saturated rings. The Labute approximate surface area is 186 Å². The summed E-state index contributed by atoms with van der Waals surface area (Å²) in [4.78, 5) is 28.3. The van der Waals surface area contributed by atoms with Gasteiger partial charge in [0, 0.05) is 5.56 Å². The van der Waals surface area contributed by atoms with Gasteiger partial charge in [-0.25, -0.2) is 9.79 Å². The van der Waals surface area contributed by atoms with Crippen molar-refractivity contribution in [1.82, 2.24) is 5.32 Å². The lowest BCUT2D eigenvalue weighted by atomic mass is 10.1. The summed E-state index contributed by atoms with van der Waals surface area (Å²) in [6.45, 7) is 1.41. The molecule has 3 rings (SSSR count). The fourth-order valence-electron chi connectivity index (χ4n) is 2.45. The van der Waals surface area contributed by atoms with Crippen LogP contribution >= 0.6 is 35.0 Å². The molecule has 1 saturated heterocycles. The molecule has 0 saturated carbocycles. The van der Waals surface area contributed by atoms with Crippen molar-refractivity contribution < 1.29 is 24.2 Å². The molecule has 0 bridgehead atoms. The van der Waals surface area contributed by atoms with Gasteiger partial charge in [0.2, 0.25) is 0 Å². The van der Waals surface area contributed by atoms with Crippen LogP contribution in [0.15, 0.2) is 46.3 Å². The normalized spacial score (nSPS) is 17.1. The van der Waals surface area contributed by atoms with Gasteiger partial charge in [-0.1, -0.05) is 35.3 Å². The molecule has 0 aliphatic carbocycles. The molecule has 0 aromatic heterocycles. The van der Waals surface area contributed by atoms with E-state index in [2.05, 4.69) is 10.3 Å². The van der Waals surface area contributed by atoms with Crippen molar-refractivity contribution in [3.8, 4) is 11.5 Å². The Kier molecular flexibility index (Phi) is 6.91. The van der Waals surface area contributed by atoms with E-state index in [-0.39, 0.29) is 11.7 Å².